The average Bonchev–Trinajstić information content (AvgIpc) is 2.91. The Morgan fingerprint density at radius 3 is 2.61 bits per heavy atom. The van der Waals surface area contributed by atoms with Crippen LogP contribution < -0.4 is 5.32 Å². The molecule has 3 nitrogen and oxygen atoms in total. The van der Waals surface area contributed by atoms with Crippen LogP contribution in [0.2, 0.25) is 0 Å². The number of carbonyl (C=O) groups excluding carboxylic acids is 1. The van der Waals surface area contributed by atoms with Gasteiger partial charge in [0.05, 0.1) is 11.1 Å². The van der Waals surface area contributed by atoms with E-state index in [2.05, 4.69) is 24.1 Å². The largest absolute Gasteiger partial charge is 0.302 e. The van der Waals surface area contributed by atoms with Crippen molar-refractivity contribution in [1.29, 1.82) is 0 Å². The van der Waals surface area contributed by atoms with Crippen molar-refractivity contribution in [2.24, 2.45) is 0 Å². The third kappa shape index (κ3) is 3.56. The molecule has 0 saturated carbocycles. The number of aromatic nitrogens is 1. The number of rotatable bonds is 4. The summed E-state index contributed by atoms with van der Waals surface area (Å²) in [5.74, 6) is -0.0548. The Balaban J connectivity index is 1.69. The number of benzene rings is 2. The molecule has 1 N–H and O–H groups in total. The number of nitrogens with zero attached hydrogens (tertiary/aromatic N) is 1. The maximum Gasteiger partial charge on any atom is 0.230 e. The van der Waals surface area contributed by atoms with Crippen LogP contribution >= 0.6 is 11.3 Å². The highest BCUT2D eigenvalue weighted by Crippen LogP contribution is 2.27. The van der Waals surface area contributed by atoms with Crippen molar-refractivity contribution in [1.82, 2.24) is 4.98 Å². The number of carbonyl (C=O) groups is 1. The number of para-hydroxylation sites is 1. The molecule has 0 saturated heterocycles. The van der Waals surface area contributed by atoms with Gasteiger partial charge in [-0.25, -0.2) is 9.37 Å². The Bertz CT molecular complexity index is 840. The zero-order chi connectivity index (χ0) is 16.4. The van der Waals surface area contributed by atoms with Gasteiger partial charge in [0.15, 0.2) is 5.13 Å². The van der Waals surface area contributed by atoms with Gasteiger partial charge in [-0.1, -0.05) is 55.5 Å². The Morgan fingerprint density at radius 2 is 1.96 bits per heavy atom. The number of nitrogens with one attached hydrogen (secondary N) is 1. The van der Waals surface area contributed by atoms with Gasteiger partial charge in [0.1, 0.15) is 11.3 Å². The Morgan fingerprint density at radius 1 is 1.22 bits per heavy atom. The number of halogens is 1. The van der Waals surface area contributed by atoms with Gasteiger partial charge in [-0.15, -0.1) is 0 Å². The summed E-state index contributed by atoms with van der Waals surface area (Å²) >= 11 is 1.27. The lowest BCUT2D eigenvalue weighted by Gasteiger charge is -2.06. The highest BCUT2D eigenvalue weighted by molar-refractivity contribution is 7.22. The van der Waals surface area contributed by atoms with E-state index in [4.69, 9.17) is 0 Å². The molecule has 0 atom stereocenters. The van der Waals surface area contributed by atoms with Crippen LogP contribution in [0.4, 0.5) is 9.52 Å². The fourth-order valence-corrected chi connectivity index (χ4v) is 3.23. The highest BCUT2D eigenvalue weighted by Gasteiger charge is 2.11. The molecule has 1 amide bonds. The number of thiazole rings is 1. The second-order valence-corrected chi connectivity index (χ2v) is 6.76. The lowest BCUT2D eigenvalue weighted by Crippen LogP contribution is -2.14. The molecule has 3 aromatic rings. The second-order valence-electron chi connectivity index (χ2n) is 5.73. The van der Waals surface area contributed by atoms with Gasteiger partial charge in [-0.2, -0.15) is 0 Å². The summed E-state index contributed by atoms with van der Waals surface area (Å²) in [5.41, 5.74) is 2.49. The smallest absolute Gasteiger partial charge is 0.230 e. The monoisotopic (exact) mass is 328 g/mol. The molecule has 0 unspecified atom stereocenters. The zero-order valence-electron chi connectivity index (χ0n) is 13.0. The molecule has 1 aromatic heterocycles. The van der Waals surface area contributed by atoms with Crippen LogP contribution in [0.3, 0.4) is 0 Å². The first-order valence-corrected chi connectivity index (χ1v) is 8.28. The van der Waals surface area contributed by atoms with E-state index in [0.717, 1.165) is 10.3 Å². The first-order valence-electron chi connectivity index (χ1n) is 7.46. The number of hydrogen-bond acceptors (Lipinski definition) is 3. The summed E-state index contributed by atoms with van der Waals surface area (Å²) in [7, 11) is 0. The first kappa shape index (κ1) is 15.6. The van der Waals surface area contributed by atoms with E-state index in [9.17, 15) is 9.18 Å². The summed E-state index contributed by atoms with van der Waals surface area (Å²) in [4.78, 5) is 16.3. The van der Waals surface area contributed by atoms with Crippen LogP contribution in [0.25, 0.3) is 10.2 Å². The van der Waals surface area contributed by atoms with Crippen LogP contribution in [0.15, 0.2) is 42.5 Å². The molecule has 118 valence electrons. The standard InChI is InChI=1S/C18H17FN2OS/c1-11(2)13-8-6-12(7-9-13)10-16(22)20-18-21-17-14(19)4-3-5-15(17)23-18/h3-9,11H,10H2,1-2H3,(H,20,21,22). The normalized spacial score (nSPS) is 11.1. The van der Waals surface area contributed by atoms with Crippen molar-refractivity contribution in [3.8, 4) is 0 Å². The summed E-state index contributed by atoms with van der Waals surface area (Å²) < 4.78 is 14.3. The van der Waals surface area contributed by atoms with Crippen LogP contribution in [-0.4, -0.2) is 10.9 Å². The third-order valence-electron chi connectivity index (χ3n) is 3.63. The molecule has 0 aliphatic heterocycles. The second kappa shape index (κ2) is 6.46. The van der Waals surface area contributed by atoms with Crippen molar-refractivity contribution in [2.45, 2.75) is 26.2 Å². The molecule has 0 bridgehead atoms. The van der Waals surface area contributed by atoms with Crippen molar-refractivity contribution in [3.63, 3.8) is 0 Å². The van der Waals surface area contributed by atoms with Crippen LogP contribution in [0, 0.1) is 5.82 Å². The molecule has 0 fully saturated rings. The molecule has 0 aliphatic rings. The Kier molecular flexibility index (Phi) is 4.39. The first-order chi connectivity index (χ1) is 11.0. The minimum absolute atomic E-state index is 0.151. The topological polar surface area (TPSA) is 42.0 Å². The number of anilines is 1. The maximum atomic E-state index is 13.6. The minimum atomic E-state index is -0.372. The van der Waals surface area contributed by atoms with Crippen molar-refractivity contribution >= 4 is 32.6 Å². The van der Waals surface area contributed by atoms with Gasteiger partial charge < -0.3 is 5.32 Å². The fraction of sp³-hybridized carbons (Fsp3) is 0.222. The highest BCUT2D eigenvalue weighted by atomic mass is 32.1. The van der Waals surface area contributed by atoms with Gasteiger partial charge >= 0.3 is 0 Å². The van der Waals surface area contributed by atoms with E-state index in [1.54, 1.807) is 12.1 Å². The fourth-order valence-electron chi connectivity index (χ4n) is 2.34. The van der Waals surface area contributed by atoms with Crippen LogP contribution in [0.1, 0.15) is 30.9 Å². The predicted molar refractivity (Wildman–Crippen MR) is 92.4 cm³/mol. The summed E-state index contributed by atoms with van der Waals surface area (Å²) in [6.07, 6.45) is 0.275. The SMILES string of the molecule is CC(C)c1ccc(CC(=O)Nc2nc3c(F)cccc3s2)cc1. The third-order valence-corrected chi connectivity index (χ3v) is 4.56. The average molecular weight is 328 g/mol. The number of fused-ring (bicyclic) bond motifs is 1. The van der Waals surface area contributed by atoms with E-state index in [1.807, 2.05) is 24.3 Å². The molecule has 0 spiro atoms. The molecule has 5 heteroatoms. The Labute approximate surface area is 138 Å². The summed E-state index contributed by atoms with van der Waals surface area (Å²) in [5, 5.41) is 3.17. The van der Waals surface area contributed by atoms with Crippen LogP contribution in [0.5, 0.6) is 0 Å². The van der Waals surface area contributed by atoms with Gasteiger partial charge in [0.2, 0.25) is 5.91 Å². The summed E-state index contributed by atoms with van der Waals surface area (Å²) in [6.45, 7) is 4.27. The Hall–Kier alpha value is -2.27. The minimum Gasteiger partial charge on any atom is -0.302 e. The zero-order valence-corrected chi connectivity index (χ0v) is 13.8. The molecule has 0 radical (unpaired) electrons. The van der Waals surface area contributed by atoms with E-state index >= 15 is 0 Å². The van der Waals surface area contributed by atoms with E-state index < -0.39 is 0 Å². The molecule has 1 heterocycles. The molecular formula is C18H17FN2OS. The molecular weight excluding hydrogens is 311 g/mol. The van der Waals surface area contributed by atoms with Crippen molar-refractivity contribution in [2.75, 3.05) is 5.32 Å². The molecule has 0 aliphatic carbocycles. The van der Waals surface area contributed by atoms with E-state index in [1.165, 1.54) is 23.0 Å². The quantitative estimate of drug-likeness (QED) is 0.751. The summed E-state index contributed by atoms with van der Waals surface area (Å²) in [6, 6.07) is 12.8. The predicted octanol–water partition coefficient (Wildman–Crippen LogP) is 4.74. The van der Waals surface area contributed by atoms with E-state index in [0.29, 0.717) is 16.6 Å². The molecule has 23 heavy (non-hydrogen) atoms. The lowest BCUT2D eigenvalue weighted by atomic mass is 10.0. The maximum absolute atomic E-state index is 13.6. The number of amides is 1. The molecule has 2 aromatic carbocycles. The van der Waals surface area contributed by atoms with Crippen molar-refractivity contribution in [3.05, 3.63) is 59.4 Å². The lowest BCUT2D eigenvalue weighted by molar-refractivity contribution is -0.115. The van der Waals surface area contributed by atoms with Crippen molar-refractivity contribution < 1.29 is 9.18 Å². The number of hydrogen-bond donors (Lipinski definition) is 1. The van der Waals surface area contributed by atoms with Crippen LogP contribution in [-0.2, 0) is 11.2 Å². The molecule has 3 rings (SSSR count). The van der Waals surface area contributed by atoms with Gasteiger partial charge in [-0.05, 0) is 29.2 Å². The van der Waals surface area contributed by atoms with Gasteiger partial charge in [0, 0.05) is 0 Å². The van der Waals surface area contributed by atoms with Gasteiger partial charge in [-0.3, -0.25) is 4.79 Å². The van der Waals surface area contributed by atoms with Gasteiger partial charge in [0.25, 0.3) is 0 Å². The van der Waals surface area contributed by atoms with E-state index in [-0.39, 0.29) is 18.1 Å².